The Morgan fingerprint density at radius 3 is 2.03 bits per heavy atom. The van der Waals surface area contributed by atoms with Gasteiger partial charge < -0.3 is 14.0 Å². The molecule has 4 aromatic heterocycles. The first-order chi connectivity index (χ1) is 27.9. The van der Waals surface area contributed by atoms with Crippen molar-refractivity contribution in [1.29, 1.82) is 0 Å². The number of fused-ring (bicyclic) bond motifs is 4. The number of nitrogens with zero attached hydrogens (tertiary/aromatic N) is 4. The molecule has 59 heavy (non-hydrogen) atoms. The smallest absolute Gasteiger partial charge is 0.120 e. The van der Waals surface area contributed by atoms with Crippen molar-refractivity contribution in [3.63, 3.8) is 0 Å². The van der Waals surface area contributed by atoms with Crippen molar-refractivity contribution in [1.82, 2.24) is 19.5 Å². The zero-order valence-corrected chi connectivity index (χ0v) is 38.7. The second kappa shape index (κ2) is 17.0. The fourth-order valence-corrected chi connectivity index (χ4v) is 9.50. The Bertz CT molecular complexity index is 2870. The molecule has 0 saturated heterocycles. The summed E-state index contributed by atoms with van der Waals surface area (Å²) in [6.07, 6.45) is 2.07. The summed E-state index contributed by atoms with van der Waals surface area (Å²) in [6.45, 7) is 20.2. The minimum Gasteiger partial charge on any atom is -0.501 e. The van der Waals surface area contributed by atoms with Crippen LogP contribution in [0.4, 0.5) is 0 Å². The van der Waals surface area contributed by atoms with Crippen LogP contribution in [-0.4, -0.2) is 27.6 Å². The van der Waals surface area contributed by atoms with Gasteiger partial charge in [-0.1, -0.05) is 113 Å². The summed E-state index contributed by atoms with van der Waals surface area (Å²) < 4.78 is 8.73. The van der Waals surface area contributed by atoms with Crippen LogP contribution in [0.3, 0.4) is 0 Å². The fraction of sp³-hybridized carbons (Fsp3) is 0.212. The van der Waals surface area contributed by atoms with E-state index in [1.54, 1.807) is 0 Å². The van der Waals surface area contributed by atoms with Crippen LogP contribution in [-0.2, 0) is 20.1 Å². The molecule has 0 saturated carbocycles. The molecule has 0 aliphatic rings. The van der Waals surface area contributed by atoms with Crippen LogP contribution in [0.1, 0.15) is 62.0 Å². The van der Waals surface area contributed by atoms with Gasteiger partial charge in [0.15, 0.2) is 0 Å². The maximum absolute atomic E-state index is 6.40. The van der Waals surface area contributed by atoms with Gasteiger partial charge >= 0.3 is 0 Å². The summed E-state index contributed by atoms with van der Waals surface area (Å²) in [5.41, 5.74) is 15.1. The monoisotopic (exact) mass is 967 g/mol. The molecular weight excluding hydrogens is 917 g/mol. The number of imidazole rings is 1. The number of benzene rings is 5. The molecule has 0 amide bonds. The van der Waals surface area contributed by atoms with Crippen LogP contribution in [0.15, 0.2) is 132 Å². The summed E-state index contributed by atoms with van der Waals surface area (Å²) >= 11 is 0. The molecule has 299 valence electrons. The van der Waals surface area contributed by atoms with Crippen molar-refractivity contribution >= 4 is 46.2 Å². The van der Waals surface area contributed by atoms with Gasteiger partial charge in [-0.15, -0.1) is 54.1 Å². The molecule has 1 radical (unpaired) electrons. The quantitative estimate of drug-likeness (QED) is 0.118. The Hall–Kier alpha value is -5.46. The Kier molecular flexibility index (Phi) is 12.0. The van der Waals surface area contributed by atoms with Crippen LogP contribution in [0.2, 0.25) is 19.6 Å². The predicted octanol–water partition coefficient (Wildman–Crippen LogP) is 13.4. The normalized spacial score (nSPS) is 11.6. The Morgan fingerprint density at radius 2 is 1.36 bits per heavy atom. The van der Waals surface area contributed by atoms with Crippen molar-refractivity contribution in [3.05, 3.63) is 162 Å². The van der Waals surface area contributed by atoms with Crippen molar-refractivity contribution in [2.45, 2.75) is 73.0 Å². The summed E-state index contributed by atoms with van der Waals surface area (Å²) in [5, 5.41) is 3.58. The molecule has 0 unspecified atom stereocenters. The van der Waals surface area contributed by atoms with E-state index in [1.807, 2.05) is 42.5 Å². The summed E-state index contributed by atoms with van der Waals surface area (Å²) in [7, 11) is -1.51. The molecule has 0 N–H and O–H groups in total. The summed E-state index contributed by atoms with van der Waals surface area (Å²) in [4.78, 5) is 14.4. The van der Waals surface area contributed by atoms with Gasteiger partial charge in [0.25, 0.3) is 0 Å². The first-order valence-electron chi connectivity index (χ1n) is 20.2. The first kappa shape index (κ1) is 41.7. The van der Waals surface area contributed by atoms with Crippen molar-refractivity contribution < 1.29 is 24.5 Å². The molecule has 5 aromatic carbocycles. The molecule has 9 aromatic rings. The van der Waals surface area contributed by atoms with E-state index in [2.05, 4.69) is 168 Å². The average Bonchev–Trinajstić information content (AvgIpc) is 3.79. The minimum atomic E-state index is -1.51. The van der Waals surface area contributed by atoms with Crippen LogP contribution < -0.4 is 5.19 Å². The predicted molar refractivity (Wildman–Crippen MR) is 245 cm³/mol. The van der Waals surface area contributed by atoms with E-state index in [0.29, 0.717) is 11.8 Å². The van der Waals surface area contributed by atoms with Crippen LogP contribution in [0, 0.1) is 26.0 Å². The van der Waals surface area contributed by atoms with E-state index in [-0.39, 0.29) is 20.1 Å². The standard InChI is InChI=1S/C31H27N2O.C21H23N2Si.Ir/c1-19(2)21-12-9-13-22(20(3)4)29(21)33-27-17-7-6-16-26(27)32-31(33)25-15-10-14-24-23-11-5-8-18-28(23)34-30(24)25;1-15-11-18(12-16(2)23-15)19-13-20(17-9-7-6-8-10-17)22-14-21(19)24(3,4)5;/h5-14,16-20H,1-4H3;6-9,11-14H,1-5H3;/q2*-1;. The van der Waals surface area contributed by atoms with E-state index in [1.165, 1.54) is 33.1 Å². The third-order valence-corrected chi connectivity index (χ3v) is 12.8. The van der Waals surface area contributed by atoms with Gasteiger partial charge in [0.1, 0.15) is 5.58 Å². The zero-order valence-electron chi connectivity index (χ0n) is 35.3. The number of furan rings is 1. The molecule has 4 heterocycles. The largest absolute Gasteiger partial charge is 0.501 e. The second-order valence-corrected chi connectivity index (χ2v) is 21.9. The molecule has 9 rings (SSSR count). The van der Waals surface area contributed by atoms with E-state index in [4.69, 9.17) is 14.4 Å². The number of pyridine rings is 2. The average molecular weight is 967 g/mol. The van der Waals surface area contributed by atoms with Gasteiger partial charge in [0.2, 0.25) is 0 Å². The van der Waals surface area contributed by atoms with Crippen LogP contribution >= 0.6 is 0 Å². The number of aryl methyl sites for hydroxylation is 2. The van der Waals surface area contributed by atoms with Gasteiger partial charge in [-0.25, -0.2) is 0 Å². The third-order valence-electron chi connectivity index (χ3n) is 10.8. The number of para-hydroxylation sites is 4. The van der Waals surface area contributed by atoms with Crippen LogP contribution in [0.25, 0.3) is 72.4 Å². The maximum atomic E-state index is 6.40. The molecule has 5 nitrogen and oxygen atoms in total. The van der Waals surface area contributed by atoms with Crippen molar-refractivity contribution in [3.8, 4) is 39.5 Å². The molecular formula is C52H50IrN4OSi-2. The van der Waals surface area contributed by atoms with Gasteiger partial charge in [0.05, 0.1) is 30.5 Å². The number of hydrogen-bond acceptors (Lipinski definition) is 4. The van der Waals surface area contributed by atoms with E-state index in [0.717, 1.165) is 67.0 Å². The Labute approximate surface area is 363 Å². The first-order valence-corrected chi connectivity index (χ1v) is 23.7. The SMILES string of the molecule is CC(C)c1cccc(C(C)C)c1-n1c(-c2[c-]ccc3c2oc2ccccc23)nc2ccccc21.Cc1cc(-c2cc(-c3[c-]cccc3)ncc2[Si](C)(C)C)cc(C)n1.[Ir]. The van der Waals surface area contributed by atoms with Crippen molar-refractivity contribution in [2.75, 3.05) is 0 Å². The third kappa shape index (κ3) is 8.25. The van der Waals surface area contributed by atoms with Gasteiger partial charge in [-0.2, -0.15) is 0 Å². The number of rotatable bonds is 7. The van der Waals surface area contributed by atoms with Crippen molar-refractivity contribution in [2.24, 2.45) is 0 Å². The van der Waals surface area contributed by atoms with Gasteiger partial charge in [0, 0.05) is 48.8 Å². The van der Waals surface area contributed by atoms with Gasteiger partial charge in [-0.3, -0.25) is 9.97 Å². The van der Waals surface area contributed by atoms with E-state index >= 15 is 0 Å². The summed E-state index contributed by atoms with van der Waals surface area (Å²) in [6, 6.07) is 48.6. The molecule has 0 fully saturated rings. The Morgan fingerprint density at radius 1 is 0.678 bits per heavy atom. The van der Waals surface area contributed by atoms with E-state index < -0.39 is 8.07 Å². The molecule has 0 bridgehead atoms. The molecule has 0 spiro atoms. The van der Waals surface area contributed by atoms with E-state index in [9.17, 15) is 0 Å². The van der Waals surface area contributed by atoms with Gasteiger partial charge in [-0.05, 0) is 89.1 Å². The fourth-order valence-electron chi connectivity index (χ4n) is 8.03. The summed E-state index contributed by atoms with van der Waals surface area (Å²) in [5.74, 6) is 1.60. The second-order valence-electron chi connectivity index (χ2n) is 16.8. The molecule has 0 aliphatic heterocycles. The maximum Gasteiger partial charge on any atom is 0.120 e. The number of hydrogen-bond donors (Lipinski definition) is 0. The molecule has 0 atom stereocenters. The number of aromatic nitrogens is 4. The van der Waals surface area contributed by atoms with Crippen LogP contribution in [0.5, 0.6) is 0 Å². The zero-order chi connectivity index (χ0) is 40.7. The molecule has 0 aliphatic carbocycles. The molecule has 7 heteroatoms. The topological polar surface area (TPSA) is 56.7 Å². The Balaban J connectivity index is 0.000000187. The minimum absolute atomic E-state index is 0.